The van der Waals surface area contributed by atoms with Crippen LogP contribution in [0.4, 0.5) is 0 Å². The molecule has 1 aromatic heterocycles. The van der Waals surface area contributed by atoms with E-state index in [9.17, 15) is 0 Å². The van der Waals surface area contributed by atoms with Gasteiger partial charge in [0.15, 0.2) is 6.79 Å². The largest absolute Gasteiger partial charge is 0.707 e. The van der Waals surface area contributed by atoms with Gasteiger partial charge in [-0.3, -0.25) is 4.98 Å². The fraction of sp³-hybridized carbons (Fsp3) is 0.375. The number of hydrogen-bond donors (Lipinski definition) is 2. The Hall–Kier alpha value is -1.31. The summed E-state index contributed by atoms with van der Waals surface area (Å²) >= 11 is 0. The fourth-order valence-electron chi connectivity index (χ4n) is 0.988. The van der Waals surface area contributed by atoms with E-state index in [0.717, 1.165) is 0 Å². The molecule has 6 nitrogen and oxygen atoms in total. The molecule has 1 heterocycles. The highest BCUT2D eigenvalue weighted by Gasteiger charge is 2.15. The van der Waals surface area contributed by atoms with E-state index in [0.29, 0.717) is 11.3 Å². The first-order chi connectivity index (χ1) is 7.15. The molecule has 2 N–H and O–H groups in total. The van der Waals surface area contributed by atoms with Gasteiger partial charge < -0.3 is 24.2 Å². The number of rotatable bonds is 5. The van der Waals surface area contributed by atoms with Crippen LogP contribution in [0.1, 0.15) is 5.56 Å². The molecule has 0 aliphatic rings. The molecule has 0 aliphatic carbocycles. The molecule has 1 rings (SSSR count). The summed E-state index contributed by atoms with van der Waals surface area (Å²) in [7, 11) is -0.371. The highest BCUT2D eigenvalue weighted by atomic mass is 16.7. The van der Waals surface area contributed by atoms with Crippen molar-refractivity contribution < 1.29 is 24.2 Å². The maximum absolute atomic E-state index is 8.64. The summed E-state index contributed by atoms with van der Waals surface area (Å²) < 4.78 is 14.6. The molecule has 0 saturated heterocycles. The predicted molar refractivity (Wildman–Crippen MR) is 52.3 cm³/mol. The average molecular weight is 213 g/mol. The van der Waals surface area contributed by atoms with Crippen molar-refractivity contribution in [2.45, 2.75) is 6.92 Å². The maximum Gasteiger partial charge on any atom is 0.707 e. The molecule has 0 atom stereocenters. The second-order valence-electron chi connectivity index (χ2n) is 2.76. The lowest BCUT2D eigenvalue weighted by Crippen LogP contribution is -2.21. The summed E-state index contributed by atoms with van der Waals surface area (Å²) in [5.41, 5.74) is 0.621. The molecule has 0 unspecified atom stereocenters. The second-order valence-corrected chi connectivity index (χ2v) is 2.76. The van der Waals surface area contributed by atoms with Crippen LogP contribution in [0.25, 0.3) is 0 Å². The molecular weight excluding hydrogens is 201 g/mol. The zero-order valence-corrected chi connectivity index (χ0v) is 8.51. The van der Waals surface area contributed by atoms with Crippen molar-refractivity contribution >= 4 is 7.32 Å². The molecular formula is C8H12BNO5. The Labute approximate surface area is 87.6 Å². The van der Waals surface area contributed by atoms with Gasteiger partial charge in [-0.1, -0.05) is 0 Å². The van der Waals surface area contributed by atoms with Crippen LogP contribution in [-0.2, 0) is 4.74 Å². The number of pyridine rings is 1. The van der Waals surface area contributed by atoms with Gasteiger partial charge in [-0.2, -0.15) is 0 Å². The smallest absolute Gasteiger partial charge is 0.510 e. The molecule has 0 aromatic carbocycles. The molecule has 0 amide bonds. The van der Waals surface area contributed by atoms with Crippen molar-refractivity contribution in [3.05, 3.63) is 18.0 Å². The van der Waals surface area contributed by atoms with Crippen LogP contribution in [-0.4, -0.2) is 36.3 Å². The van der Waals surface area contributed by atoms with Crippen molar-refractivity contribution in [1.29, 1.82) is 0 Å². The van der Waals surface area contributed by atoms with Crippen LogP contribution in [0.2, 0.25) is 0 Å². The Morgan fingerprint density at radius 1 is 1.33 bits per heavy atom. The standard InChI is InChI=1S/C8H12BNO5/c1-6-7(14-5-13-2)3-10-4-8(6)15-9(11)12/h3-4,11-12H,5H2,1-2H3. The van der Waals surface area contributed by atoms with E-state index in [-0.39, 0.29) is 12.5 Å². The third-order valence-corrected chi connectivity index (χ3v) is 1.69. The van der Waals surface area contributed by atoms with Crippen molar-refractivity contribution in [1.82, 2.24) is 4.98 Å². The van der Waals surface area contributed by atoms with E-state index in [1.54, 1.807) is 6.92 Å². The first kappa shape index (κ1) is 11.8. The Balaban J connectivity index is 2.80. The zero-order chi connectivity index (χ0) is 11.3. The van der Waals surface area contributed by atoms with Gasteiger partial charge in [-0.15, -0.1) is 0 Å². The predicted octanol–water partition coefficient (Wildman–Crippen LogP) is -0.279. The minimum atomic E-state index is -1.87. The number of hydrogen-bond acceptors (Lipinski definition) is 6. The summed E-state index contributed by atoms with van der Waals surface area (Å²) in [4.78, 5) is 3.82. The topological polar surface area (TPSA) is 81.0 Å². The van der Waals surface area contributed by atoms with E-state index in [1.165, 1.54) is 19.5 Å². The van der Waals surface area contributed by atoms with E-state index in [4.69, 9.17) is 24.2 Å². The van der Waals surface area contributed by atoms with E-state index < -0.39 is 7.32 Å². The van der Waals surface area contributed by atoms with Crippen LogP contribution >= 0.6 is 0 Å². The molecule has 7 heteroatoms. The number of methoxy groups -OCH3 is 1. The van der Waals surface area contributed by atoms with Gasteiger partial charge in [-0.25, -0.2) is 0 Å². The number of aromatic nitrogens is 1. The van der Waals surface area contributed by atoms with Crippen LogP contribution in [0, 0.1) is 6.92 Å². The fourth-order valence-corrected chi connectivity index (χ4v) is 0.988. The van der Waals surface area contributed by atoms with Crippen LogP contribution in [0.5, 0.6) is 11.5 Å². The summed E-state index contributed by atoms with van der Waals surface area (Å²) in [6, 6.07) is 0. The molecule has 0 aliphatic heterocycles. The molecule has 82 valence electrons. The van der Waals surface area contributed by atoms with Crippen molar-refractivity contribution in [2.24, 2.45) is 0 Å². The lowest BCUT2D eigenvalue weighted by atomic mass is 10.2. The molecule has 0 saturated carbocycles. The van der Waals surface area contributed by atoms with E-state index in [2.05, 4.69) is 4.98 Å². The third-order valence-electron chi connectivity index (χ3n) is 1.69. The van der Waals surface area contributed by atoms with Gasteiger partial charge in [0.25, 0.3) is 0 Å². The van der Waals surface area contributed by atoms with Crippen molar-refractivity contribution in [3.63, 3.8) is 0 Å². The second kappa shape index (κ2) is 5.55. The Morgan fingerprint density at radius 3 is 2.60 bits per heavy atom. The van der Waals surface area contributed by atoms with E-state index in [1.807, 2.05) is 0 Å². The molecule has 0 fully saturated rings. The quantitative estimate of drug-likeness (QED) is 0.517. The Morgan fingerprint density at radius 2 is 2.00 bits per heavy atom. The van der Waals surface area contributed by atoms with Crippen LogP contribution in [0.3, 0.4) is 0 Å². The normalized spacial score (nSPS) is 9.87. The van der Waals surface area contributed by atoms with Crippen molar-refractivity contribution in [2.75, 3.05) is 13.9 Å². The monoisotopic (exact) mass is 213 g/mol. The molecule has 0 radical (unpaired) electrons. The lowest BCUT2D eigenvalue weighted by molar-refractivity contribution is 0.0502. The summed E-state index contributed by atoms with van der Waals surface area (Å²) in [6.07, 6.45) is 2.86. The minimum absolute atomic E-state index is 0.0909. The van der Waals surface area contributed by atoms with Gasteiger partial charge in [0.1, 0.15) is 11.5 Å². The van der Waals surface area contributed by atoms with Crippen LogP contribution < -0.4 is 9.39 Å². The first-order valence-corrected chi connectivity index (χ1v) is 4.24. The van der Waals surface area contributed by atoms with Crippen molar-refractivity contribution in [3.8, 4) is 11.5 Å². The van der Waals surface area contributed by atoms with Gasteiger partial charge >= 0.3 is 7.32 Å². The highest BCUT2D eigenvalue weighted by molar-refractivity contribution is 6.33. The SMILES string of the molecule is COCOc1cncc(OB(O)O)c1C. The highest BCUT2D eigenvalue weighted by Crippen LogP contribution is 2.25. The van der Waals surface area contributed by atoms with Crippen LogP contribution in [0.15, 0.2) is 12.4 Å². The summed E-state index contributed by atoms with van der Waals surface area (Å²) in [6.45, 7) is 1.80. The maximum atomic E-state index is 8.64. The van der Waals surface area contributed by atoms with Gasteiger partial charge in [0.2, 0.25) is 0 Å². The number of ether oxygens (including phenoxy) is 2. The Bertz CT molecular complexity index is 320. The first-order valence-electron chi connectivity index (χ1n) is 4.24. The van der Waals surface area contributed by atoms with Gasteiger partial charge in [0, 0.05) is 12.7 Å². The zero-order valence-electron chi connectivity index (χ0n) is 8.51. The van der Waals surface area contributed by atoms with Gasteiger partial charge in [0.05, 0.1) is 12.4 Å². The van der Waals surface area contributed by atoms with E-state index >= 15 is 0 Å². The van der Waals surface area contributed by atoms with Gasteiger partial charge in [-0.05, 0) is 6.92 Å². The molecule has 15 heavy (non-hydrogen) atoms. The molecule has 0 bridgehead atoms. The molecule has 1 aromatic rings. The minimum Gasteiger partial charge on any atom is -0.510 e. The number of nitrogens with zero attached hydrogens (tertiary/aromatic N) is 1. The lowest BCUT2D eigenvalue weighted by Gasteiger charge is -2.11. The Kier molecular flexibility index (Phi) is 4.35. The summed E-state index contributed by atoms with van der Waals surface area (Å²) in [5.74, 6) is 0.716. The average Bonchev–Trinajstić information content (AvgIpc) is 2.19. The third kappa shape index (κ3) is 3.39. The molecule has 0 spiro atoms. The summed E-state index contributed by atoms with van der Waals surface area (Å²) in [5, 5.41) is 17.3.